The minimum atomic E-state index is -0.315. The van der Waals surface area contributed by atoms with Crippen LogP contribution in [0.2, 0.25) is 0 Å². The Morgan fingerprint density at radius 1 is 0.390 bits per heavy atom. The normalized spacial score (nSPS) is 10.3. The summed E-state index contributed by atoms with van der Waals surface area (Å²) in [4.78, 5) is 50.5. The fourth-order valence-corrected chi connectivity index (χ4v) is 6.05. The van der Waals surface area contributed by atoms with Crippen molar-refractivity contribution in [3.8, 4) is 46.0 Å². The third-order valence-corrected chi connectivity index (χ3v) is 9.73. The smallest absolute Gasteiger partial charge is 0.233 e. The van der Waals surface area contributed by atoms with Gasteiger partial charge in [-0.1, -0.05) is 36.4 Å². The number of hydrogen-bond donors (Lipinski definition) is 18. The number of benzene rings is 4. The van der Waals surface area contributed by atoms with E-state index < -0.39 is 0 Å². The van der Waals surface area contributed by atoms with Crippen LogP contribution in [0.1, 0.15) is 16.7 Å². The molecule has 4 heterocycles. The van der Waals surface area contributed by atoms with E-state index in [9.17, 15) is 40.9 Å². The van der Waals surface area contributed by atoms with Crippen LogP contribution < -0.4 is 65.5 Å². The molecular formula is C45H58N24O8. The molecule has 4 aromatic heterocycles. The summed E-state index contributed by atoms with van der Waals surface area (Å²) in [7, 11) is 7.49. The van der Waals surface area contributed by atoms with Crippen LogP contribution in [-0.2, 0) is 19.4 Å². The van der Waals surface area contributed by atoms with E-state index in [0.29, 0.717) is 54.9 Å². The maximum atomic E-state index is 9.62. The summed E-state index contributed by atoms with van der Waals surface area (Å²) >= 11 is 0. The number of phenols is 8. The van der Waals surface area contributed by atoms with E-state index in [2.05, 4.69) is 81.1 Å². The minimum Gasteiger partial charge on any atom is -0.504 e. The van der Waals surface area contributed by atoms with Gasteiger partial charge in [0.1, 0.15) is 0 Å². The second-order valence-electron chi connectivity index (χ2n) is 16.1. The summed E-state index contributed by atoms with van der Waals surface area (Å²) in [6.07, 6.45) is 1.14. The van der Waals surface area contributed by atoms with Gasteiger partial charge in [-0.3, -0.25) is 0 Å². The Labute approximate surface area is 438 Å². The maximum absolute atomic E-state index is 9.62. The lowest BCUT2D eigenvalue weighted by molar-refractivity contribution is 0.399. The second-order valence-corrected chi connectivity index (χ2v) is 16.1. The van der Waals surface area contributed by atoms with Crippen molar-refractivity contribution in [3.05, 3.63) is 89.5 Å². The molecule has 0 amide bonds. The van der Waals surface area contributed by atoms with Gasteiger partial charge in [0, 0.05) is 53.4 Å². The average Bonchev–Trinajstić information content (AvgIpc) is 3.36. The molecule has 8 rings (SSSR count). The van der Waals surface area contributed by atoms with Crippen LogP contribution in [0.5, 0.6) is 46.0 Å². The predicted octanol–water partition coefficient (Wildman–Crippen LogP) is 1.42. The molecule has 0 unspecified atom stereocenters. The molecule has 0 atom stereocenters. The van der Waals surface area contributed by atoms with Gasteiger partial charge < -0.3 is 106 Å². The zero-order chi connectivity index (χ0) is 56.3. The largest absolute Gasteiger partial charge is 0.504 e. The summed E-state index contributed by atoms with van der Waals surface area (Å²) in [6.45, 7) is 1.25. The fraction of sp³-hybridized carbons (Fsp3) is 0.200. The van der Waals surface area contributed by atoms with Crippen molar-refractivity contribution in [1.82, 2.24) is 59.8 Å². The molecule has 32 heteroatoms. The van der Waals surface area contributed by atoms with Crippen LogP contribution in [0.15, 0.2) is 72.8 Å². The van der Waals surface area contributed by atoms with Crippen LogP contribution >= 0.6 is 0 Å². The summed E-state index contributed by atoms with van der Waals surface area (Å²) in [5, 5.41) is 87.1. The van der Waals surface area contributed by atoms with Crippen molar-refractivity contribution in [2.45, 2.75) is 19.4 Å². The highest BCUT2D eigenvalue weighted by molar-refractivity contribution is 5.67. The number of rotatable bonds is 15. The molecule has 0 saturated carbocycles. The average molecular weight is 1060 g/mol. The number of hydrogen-bond acceptors (Lipinski definition) is 32. The molecule has 4 aromatic carbocycles. The molecular weight excluding hydrogens is 1000 g/mol. The number of nitrogen functional groups attached to an aromatic ring is 6. The molecule has 8 aromatic rings. The van der Waals surface area contributed by atoms with Crippen LogP contribution in [0.25, 0.3) is 0 Å². The van der Waals surface area contributed by atoms with E-state index in [0.717, 1.165) is 5.56 Å². The number of anilines is 13. The molecule has 0 aliphatic rings. The Balaban J connectivity index is 0.000000191. The predicted molar refractivity (Wildman–Crippen MR) is 289 cm³/mol. The molecule has 24 N–H and O–H groups in total. The Hall–Kier alpha value is -11.1. The van der Waals surface area contributed by atoms with Gasteiger partial charge in [-0.25, -0.2) is 0 Å². The van der Waals surface area contributed by atoms with Gasteiger partial charge >= 0.3 is 0 Å². The van der Waals surface area contributed by atoms with E-state index in [1.165, 1.54) is 30.3 Å². The lowest BCUT2D eigenvalue weighted by Gasteiger charge is -2.16. The Kier molecular flexibility index (Phi) is 19.6. The highest BCUT2D eigenvalue weighted by Crippen LogP contribution is 2.34. The molecule has 0 spiro atoms. The minimum absolute atomic E-state index is 0.00475. The molecule has 406 valence electrons. The van der Waals surface area contributed by atoms with Gasteiger partial charge in [0.15, 0.2) is 46.0 Å². The van der Waals surface area contributed by atoms with E-state index in [1.54, 1.807) is 42.5 Å². The van der Waals surface area contributed by atoms with Crippen LogP contribution in [0.3, 0.4) is 0 Å². The number of nitrogens with one attached hydrogen (secondary N) is 4. The topological polar surface area (TPSA) is 527 Å². The van der Waals surface area contributed by atoms with Gasteiger partial charge in [-0.15, -0.1) is 0 Å². The lowest BCUT2D eigenvalue weighted by atomic mass is 10.1. The second kappa shape index (κ2) is 26.6. The van der Waals surface area contributed by atoms with Crippen LogP contribution in [-0.4, -0.2) is 142 Å². The maximum Gasteiger partial charge on any atom is 0.233 e. The number of aromatic nitrogens is 12. The quantitative estimate of drug-likeness (QED) is 0.0646. The lowest BCUT2D eigenvalue weighted by Crippen LogP contribution is -2.20. The molecule has 0 aliphatic carbocycles. The zero-order valence-electron chi connectivity index (χ0n) is 41.8. The first-order chi connectivity index (χ1) is 36.5. The van der Waals surface area contributed by atoms with Crippen molar-refractivity contribution in [2.24, 2.45) is 0 Å². The number of nitrogens with zero attached hydrogens (tertiary/aromatic N) is 14. The van der Waals surface area contributed by atoms with Gasteiger partial charge in [-0.05, 0) is 60.4 Å². The third kappa shape index (κ3) is 17.6. The van der Waals surface area contributed by atoms with Gasteiger partial charge in [0.2, 0.25) is 71.4 Å². The van der Waals surface area contributed by atoms with Crippen LogP contribution in [0.4, 0.5) is 77.1 Å². The molecule has 0 bridgehead atoms. The SMILES string of the molecule is CN(C)c1nc(NCCc2ccc(O)c(O)c2)nc(N(C)C)n1.Nc1nc(N)nc(NCCc2cccc(O)c2O)n1.Nc1nc(N)nc(NCc2cccc(O)c2O)n1.Nc1nc(N)nc(Nc2cccc(O)c2O)n1. The number of nitrogens with two attached hydrogens (primary N) is 6. The summed E-state index contributed by atoms with van der Waals surface area (Å²) in [5.74, 6) is 0.725. The Morgan fingerprint density at radius 2 is 0.805 bits per heavy atom. The fourth-order valence-electron chi connectivity index (χ4n) is 6.05. The molecule has 0 radical (unpaired) electrons. The van der Waals surface area contributed by atoms with Crippen molar-refractivity contribution >= 4 is 77.1 Å². The van der Waals surface area contributed by atoms with Gasteiger partial charge in [0.25, 0.3) is 0 Å². The first-order valence-corrected chi connectivity index (χ1v) is 22.5. The standard InChI is InChI=1S/C15H22N6O2.C11H14N6O2.C10H12N6O2.C9H10N6O2/c1-20(2)14-17-13(18-15(19-14)21(3)4)16-8-7-10-5-6-11(22)12(23)9-10;12-9-15-10(13)17-11(16-9)14-5-4-6-2-1-3-7(18)8(6)19;11-8-14-9(12)16-10(15-8)13-4-5-2-1-3-6(17)7(5)18;10-7-13-8(11)15-9(14-7)12-4-2-1-3-5(16)6(4)17/h5-6,9,22-23H,7-8H2,1-4H3,(H,16,17,18,19);1-3,18-19H,4-5H2,(H5,12,13,14,15,16,17);1-3,17-18H,4H2,(H5,11,12,13,14,15,16);1-3,16-17H,(H5,10,11,12,13,14,15). The van der Waals surface area contributed by atoms with Crippen molar-refractivity contribution in [3.63, 3.8) is 0 Å². The summed E-state index contributed by atoms with van der Waals surface area (Å²) in [6, 6.07) is 18.6. The van der Waals surface area contributed by atoms with E-state index >= 15 is 0 Å². The molecule has 0 saturated heterocycles. The Bertz CT molecular complexity index is 3160. The molecule has 0 aliphatic heterocycles. The number of phenolic OH excluding ortho intramolecular Hbond substituents is 8. The van der Waals surface area contributed by atoms with E-state index in [-0.39, 0.29) is 112 Å². The van der Waals surface area contributed by atoms with Crippen molar-refractivity contribution in [2.75, 3.05) is 107 Å². The highest BCUT2D eigenvalue weighted by Gasteiger charge is 2.12. The first-order valence-electron chi connectivity index (χ1n) is 22.5. The molecule has 77 heavy (non-hydrogen) atoms. The summed E-state index contributed by atoms with van der Waals surface area (Å²) in [5.41, 5.74) is 34.7. The number of aromatic hydroxyl groups is 8. The summed E-state index contributed by atoms with van der Waals surface area (Å²) < 4.78 is 0. The van der Waals surface area contributed by atoms with Crippen LogP contribution in [0, 0.1) is 0 Å². The van der Waals surface area contributed by atoms with Gasteiger partial charge in [-0.2, -0.15) is 59.8 Å². The van der Waals surface area contributed by atoms with Crippen molar-refractivity contribution in [1.29, 1.82) is 0 Å². The van der Waals surface area contributed by atoms with Crippen molar-refractivity contribution < 1.29 is 40.9 Å². The molecule has 0 fully saturated rings. The first kappa shape index (κ1) is 56.8. The third-order valence-electron chi connectivity index (χ3n) is 9.73. The monoisotopic (exact) mass is 1060 g/mol. The van der Waals surface area contributed by atoms with E-state index in [4.69, 9.17) is 34.4 Å². The van der Waals surface area contributed by atoms with E-state index in [1.807, 2.05) is 38.0 Å². The zero-order valence-corrected chi connectivity index (χ0v) is 41.8. The van der Waals surface area contributed by atoms with Gasteiger partial charge in [0.05, 0.1) is 5.69 Å². The molecule has 32 nitrogen and oxygen atoms in total. The number of para-hydroxylation sites is 3. The Morgan fingerprint density at radius 3 is 1.30 bits per heavy atom. The highest BCUT2D eigenvalue weighted by atomic mass is 16.3.